The number of nitrogens with two attached hydrogens (primary N) is 1. The zero-order chi connectivity index (χ0) is 15.8. The summed E-state index contributed by atoms with van der Waals surface area (Å²) >= 11 is 12.1. The Hall–Kier alpha value is -0.480. The number of hydrogen-bond acceptors (Lipinski definition) is 2. The van der Waals surface area contributed by atoms with E-state index in [2.05, 4.69) is 19.2 Å². The SMILES string of the molecule is CC(C)C(C)(CN)NC(=O)C1CC1c1ccc(Cl)cc1Cl.Cl. The van der Waals surface area contributed by atoms with Crippen LogP contribution in [0.4, 0.5) is 0 Å². The van der Waals surface area contributed by atoms with Gasteiger partial charge in [-0.25, -0.2) is 0 Å². The highest BCUT2D eigenvalue weighted by molar-refractivity contribution is 6.35. The predicted octanol–water partition coefficient (Wildman–Crippen LogP) is 4.01. The van der Waals surface area contributed by atoms with Gasteiger partial charge in [-0.1, -0.05) is 43.1 Å². The molecular weight excluding hydrogens is 343 g/mol. The first-order valence-corrected chi connectivity index (χ1v) is 8.01. The molecule has 3 N–H and O–H groups in total. The van der Waals surface area contributed by atoms with Crippen LogP contribution in [0.3, 0.4) is 0 Å². The van der Waals surface area contributed by atoms with Gasteiger partial charge < -0.3 is 11.1 Å². The number of carbonyl (C=O) groups excluding carboxylic acids is 1. The largest absolute Gasteiger partial charge is 0.349 e. The van der Waals surface area contributed by atoms with Gasteiger partial charge in [0.1, 0.15) is 0 Å². The molecule has 1 aliphatic carbocycles. The standard InChI is InChI=1S/C16H22Cl2N2O.ClH/c1-9(2)16(3,8-19)20-15(21)13-7-12(13)11-5-4-10(17)6-14(11)18;/h4-6,9,12-13H,7-8,19H2,1-3H3,(H,20,21);1H. The molecule has 22 heavy (non-hydrogen) atoms. The first kappa shape index (κ1) is 19.6. The van der Waals surface area contributed by atoms with Crippen LogP contribution in [0.15, 0.2) is 18.2 Å². The van der Waals surface area contributed by atoms with Gasteiger partial charge in [-0.15, -0.1) is 12.4 Å². The number of rotatable bonds is 5. The summed E-state index contributed by atoms with van der Waals surface area (Å²) in [6.45, 7) is 6.54. The zero-order valence-electron chi connectivity index (χ0n) is 13.0. The molecule has 0 aromatic heterocycles. The molecule has 0 aliphatic heterocycles. The Bertz CT molecular complexity index is 550. The minimum absolute atomic E-state index is 0. The van der Waals surface area contributed by atoms with Crippen molar-refractivity contribution in [2.24, 2.45) is 17.6 Å². The summed E-state index contributed by atoms with van der Waals surface area (Å²) in [5.74, 6) is 0.507. The van der Waals surface area contributed by atoms with Gasteiger partial charge in [-0.05, 0) is 42.9 Å². The molecule has 1 fully saturated rings. The molecule has 3 atom stereocenters. The Balaban J connectivity index is 0.00000242. The maximum Gasteiger partial charge on any atom is 0.224 e. The normalized spacial score (nSPS) is 22.7. The van der Waals surface area contributed by atoms with E-state index in [4.69, 9.17) is 28.9 Å². The van der Waals surface area contributed by atoms with Crippen LogP contribution in [0.5, 0.6) is 0 Å². The van der Waals surface area contributed by atoms with Crippen LogP contribution >= 0.6 is 35.6 Å². The minimum Gasteiger partial charge on any atom is -0.349 e. The van der Waals surface area contributed by atoms with Crippen molar-refractivity contribution in [1.82, 2.24) is 5.32 Å². The molecule has 1 aliphatic rings. The minimum atomic E-state index is -0.367. The fourth-order valence-electron chi connectivity index (χ4n) is 2.44. The van der Waals surface area contributed by atoms with Crippen molar-refractivity contribution in [2.45, 2.75) is 38.6 Å². The topological polar surface area (TPSA) is 55.1 Å². The molecule has 0 spiro atoms. The lowest BCUT2D eigenvalue weighted by atomic mass is 9.88. The van der Waals surface area contributed by atoms with Crippen molar-refractivity contribution in [1.29, 1.82) is 0 Å². The van der Waals surface area contributed by atoms with Gasteiger partial charge in [0.15, 0.2) is 0 Å². The average Bonchev–Trinajstić information content (AvgIpc) is 3.18. The molecule has 0 bridgehead atoms. The second kappa shape index (κ2) is 7.39. The van der Waals surface area contributed by atoms with Crippen LogP contribution in [0, 0.1) is 11.8 Å². The number of nitrogens with one attached hydrogen (secondary N) is 1. The molecule has 3 unspecified atom stereocenters. The fraction of sp³-hybridized carbons (Fsp3) is 0.562. The van der Waals surface area contributed by atoms with E-state index >= 15 is 0 Å². The first-order chi connectivity index (χ1) is 9.78. The summed E-state index contributed by atoms with van der Waals surface area (Å²) in [5.41, 5.74) is 6.45. The Morgan fingerprint density at radius 3 is 2.59 bits per heavy atom. The Kier molecular flexibility index (Phi) is 6.58. The van der Waals surface area contributed by atoms with Gasteiger partial charge in [-0.2, -0.15) is 0 Å². The number of carbonyl (C=O) groups is 1. The van der Waals surface area contributed by atoms with Gasteiger partial charge >= 0.3 is 0 Å². The summed E-state index contributed by atoms with van der Waals surface area (Å²) in [6, 6.07) is 5.45. The van der Waals surface area contributed by atoms with Crippen molar-refractivity contribution < 1.29 is 4.79 Å². The smallest absolute Gasteiger partial charge is 0.224 e. The number of hydrogen-bond donors (Lipinski definition) is 2. The highest BCUT2D eigenvalue weighted by Gasteiger charge is 2.46. The number of benzene rings is 1. The fourth-order valence-corrected chi connectivity index (χ4v) is 2.98. The zero-order valence-corrected chi connectivity index (χ0v) is 15.4. The van der Waals surface area contributed by atoms with Gasteiger partial charge in [0.25, 0.3) is 0 Å². The van der Waals surface area contributed by atoms with Crippen LogP contribution in [0.1, 0.15) is 38.7 Å². The van der Waals surface area contributed by atoms with Crippen LogP contribution in [0.2, 0.25) is 10.0 Å². The molecule has 6 heteroatoms. The monoisotopic (exact) mass is 364 g/mol. The Labute approximate surface area is 148 Å². The van der Waals surface area contributed by atoms with E-state index in [1.54, 1.807) is 6.07 Å². The molecule has 0 radical (unpaired) electrons. The molecule has 1 saturated carbocycles. The van der Waals surface area contributed by atoms with E-state index in [-0.39, 0.29) is 41.6 Å². The summed E-state index contributed by atoms with van der Waals surface area (Å²) in [7, 11) is 0. The molecule has 1 amide bonds. The van der Waals surface area contributed by atoms with Crippen LogP contribution in [-0.2, 0) is 4.79 Å². The second-order valence-corrected chi connectivity index (χ2v) is 7.22. The third-order valence-electron chi connectivity index (χ3n) is 4.60. The Morgan fingerprint density at radius 2 is 2.09 bits per heavy atom. The maximum atomic E-state index is 12.4. The number of amides is 1. The number of halogens is 3. The van der Waals surface area contributed by atoms with Gasteiger partial charge in [-0.3, -0.25) is 4.79 Å². The predicted molar refractivity (Wildman–Crippen MR) is 95.0 cm³/mol. The molecule has 2 rings (SSSR count). The lowest BCUT2D eigenvalue weighted by Crippen LogP contribution is -2.55. The summed E-state index contributed by atoms with van der Waals surface area (Å²) in [4.78, 5) is 12.4. The van der Waals surface area contributed by atoms with Crippen molar-refractivity contribution in [3.63, 3.8) is 0 Å². The first-order valence-electron chi connectivity index (χ1n) is 7.25. The van der Waals surface area contributed by atoms with Gasteiger partial charge in [0, 0.05) is 22.5 Å². The third kappa shape index (κ3) is 4.08. The van der Waals surface area contributed by atoms with E-state index in [0.717, 1.165) is 12.0 Å². The van der Waals surface area contributed by atoms with E-state index in [1.165, 1.54) is 0 Å². The summed E-state index contributed by atoms with van der Waals surface area (Å²) in [6.07, 6.45) is 0.825. The molecule has 0 heterocycles. The van der Waals surface area contributed by atoms with Crippen molar-refractivity contribution >= 4 is 41.5 Å². The average molecular weight is 366 g/mol. The van der Waals surface area contributed by atoms with Gasteiger partial charge in [0.05, 0.1) is 5.54 Å². The van der Waals surface area contributed by atoms with Crippen LogP contribution in [-0.4, -0.2) is 18.0 Å². The Morgan fingerprint density at radius 1 is 1.45 bits per heavy atom. The molecule has 1 aromatic rings. The van der Waals surface area contributed by atoms with E-state index in [0.29, 0.717) is 16.6 Å². The lowest BCUT2D eigenvalue weighted by Gasteiger charge is -2.33. The molecular formula is C16H23Cl3N2O. The highest BCUT2D eigenvalue weighted by atomic mass is 35.5. The molecule has 1 aromatic carbocycles. The van der Waals surface area contributed by atoms with Gasteiger partial charge in [0.2, 0.25) is 5.91 Å². The van der Waals surface area contributed by atoms with E-state index in [1.807, 2.05) is 19.1 Å². The summed E-state index contributed by atoms with van der Waals surface area (Å²) in [5, 5.41) is 4.35. The highest BCUT2D eigenvalue weighted by Crippen LogP contribution is 2.50. The van der Waals surface area contributed by atoms with Crippen LogP contribution < -0.4 is 11.1 Å². The molecule has 0 saturated heterocycles. The second-order valence-electron chi connectivity index (χ2n) is 6.38. The van der Waals surface area contributed by atoms with E-state index < -0.39 is 0 Å². The quantitative estimate of drug-likeness (QED) is 0.828. The maximum absolute atomic E-state index is 12.4. The van der Waals surface area contributed by atoms with Crippen molar-refractivity contribution in [2.75, 3.05) is 6.54 Å². The summed E-state index contributed by atoms with van der Waals surface area (Å²) < 4.78 is 0. The van der Waals surface area contributed by atoms with E-state index in [9.17, 15) is 4.79 Å². The molecule has 124 valence electrons. The van der Waals surface area contributed by atoms with Crippen molar-refractivity contribution in [3.05, 3.63) is 33.8 Å². The van der Waals surface area contributed by atoms with Crippen molar-refractivity contribution in [3.8, 4) is 0 Å². The third-order valence-corrected chi connectivity index (χ3v) is 5.16. The lowest BCUT2D eigenvalue weighted by molar-refractivity contribution is -0.124. The molecule has 3 nitrogen and oxygen atoms in total. The van der Waals surface area contributed by atoms with Crippen LogP contribution in [0.25, 0.3) is 0 Å².